The summed E-state index contributed by atoms with van der Waals surface area (Å²) < 4.78 is 64.5. The maximum absolute atomic E-state index is 14.0. The highest BCUT2D eigenvalue weighted by atomic mass is 32.2. The first-order valence-corrected chi connectivity index (χ1v) is 9.62. The number of nitrogens with two attached hydrogens (primary N) is 1. The van der Waals surface area contributed by atoms with Gasteiger partial charge in [0.2, 0.25) is 20.0 Å². The van der Waals surface area contributed by atoms with Crippen LogP contribution in [0.25, 0.3) is 0 Å². The average molecular weight is 353 g/mol. The van der Waals surface area contributed by atoms with Crippen molar-refractivity contribution in [2.45, 2.75) is 24.8 Å². The van der Waals surface area contributed by atoms with Crippen LogP contribution in [-0.4, -0.2) is 46.5 Å². The fraction of sp³-hybridized carbons (Fsp3) is 0.500. The smallest absolute Gasteiger partial charge is 0.243 e. The van der Waals surface area contributed by atoms with Gasteiger partial charge in [-0.15, -0.1) is 0 Å². The molecule has 1 rings (SSSR count). The molecule has 0 saturated carbocycles. The number of nitrogens with one attached hydrogen (secondary N) is 1. The van der Waals surface area contributed by atoms with Crippen molar-refractivity contribution in [1.29, 1.82) is 0 Å². The van der Waals surface area contributed by atoms with Crippen molar-refractivity contribution in [1.82, 2.24) is 4.31 Å². The van der Waals surface area contributed by atoms with Crippen LogP contribution < -0.4 is 10.5 Å². The summed E-state index contributed by atoms with van der Waals surface area (Å²) in [6, 6.07) is 2.55. The first-order chi connectivity index (χ1) is 10.0. The Hall–Kier alpha value is -1.23. The van der Waals surface area contributed by atoms with Crippen LogP contribution in [0.1, 0.15) is 13.8 Å². The standard InChI is InChI=1S/C12H20FN3O4S2/c1-4-21(17,18)15-12-6-5-10(7-11(12)13)22(19,20)16(3)9(2)8-14/h5-7,9,15H,4,8,14H2,1-3H3. The number of hydrogen-bond donors (Lipinski definition) is 2. The quantitative estimate of drug-likeness (QED) is 0.744. The van der Waals surface area contributed by atoms with Crippen LogP contribution in [0.4, 0.5) is 10.1 Å². The molecule has 3 N–H and O–H groups in total. The fourth-order valence-corrected chi connectivity index (χ4v) is 3.56. The number of hydrogen-bond acceptors (Lipinski definition) is 5. The summed E-state index contributed by atoms with van der Waals surface area (Å²) in [6.07, 6.45) is 0. The van der Waals surface area contributed by atoms with E-state index in [0.29, 0.717) is 0 Å². The number of anilines is 1. The van der Waals surface area contributed by atoms with Crippen LogP contribution in [0.2, 0.25) is 0 Å². The summed E-state index contributed by atoms with van der Waals surface area (Å²) in [5.74, 6) is -1.18. The van der Waals surface area contributed by atoms with E-state index in [-0.39, 0.29) is 22.9 Å². The zero-order chi connectivity index (χ0) is 17.1. The second-order valence-electron chi connectivity index (χ2n) is 4.75. The molecular weight excluding hydrogens is 333 g/mol. The van der Waals surface area contributed by atoms with E-state index in [0.717, 1.165) is 22.5 Å². The van der Waals surface area contributed by atoms with Gasteiger partial charge in [-0.3, -0.25) is 4.72 Å². The minimum atomic E-state index is -3.90. The zero-order valence-electron chi connectivity index (χ0n) is 12.6. The number of rotatable bonds is 7. The molecule has 0 saturated heterocycles. The predicted molar refractivity (Wildman–Crippen MR) is 82.9 cm³/mol. The molecule has 1 aromatic carbocycles. The Bertz CT molecular complexity index is 735. The van der Waals surface area contributed by atoms with Gasteiger partial charge in [0.25, 0.3) is 0 Å². The second kappa shape index (κ2) is 6.90. The number of halogens is 1. The molecule has 22 heavy (non-hydrogen) atoms. The van der Waals surface area contributed by atoms with E-state index in [1.54, 1.807) is 6.92 Å². The molecule has 0 heterocycles. The van der Waals surface area contributed by atoms with Crippen molar-refractivity contribution in [2.75, 3.05) is 24.1 Å². The van der Waals surface area contributed by atoms with Crippen LogP contribution in [0.5, 0.6) is 0 Å². The van der Waals surface area contributed by atoms with Gasteiger partial charge in [-0.05, 0) is 32.0 Å². The molecule has 0 aliphatic carbocycles. The molecule has 0 bridgehead atoms. The highest BCUT2D eigenvalue weighted by Crippen LogP contribution is 2.23. The zero-order valence-corrected chi connectivity index (χ0v) is 14.2. The lowest BCUT2D eigenvalue weighted by Crippen LogP contribution is -2.39. The molecule has 1 aromatic rings. The molecule has 0 aliphatic heterocycles. The molecule has 1 atom stereocenters. The normalized spacial score (nSPS) is 14.1. The molecule has 0 spiro atoms. The molecule has 0 fully saturated rings. The minimum Gasteiger partial charge on any atom is -0.329 e. The summed E-state index contributed by atoms with van der Waals surface area (Å²) in [7, 11) is -6.20. The minimum absolute atomic E-state index is 0.118. The van der Waals surface area contributed by atoms with Crippen LogP contribution in [0, 0.1) is 5.82 Å². The van der Waals surface area contributed by atoms with Gasteiger partial charge in [0, 0.05) is 19.6 Å². The first-order valence-electron chi connectivity index (χ1n) is 6.53. The number of nitrogens with zero attached hydrogens (tertiary/aromatic N) is 1. The first kappa shape index (κ1) is 18.8. The summed E-state index contributed by atoms with van der Waals surface area (Å²) in [6.45, 7) is 3.15. The van der Waals surface area contributed by atoms with Crippen LogP contribution in [-0.2, 0) is 20.0 Å². The monoisotopic (exact) mass is 353 g/mol. The lowest BCUT2D eigenvalue weighted by molar-refractivity contribution is 0.394. The van der Waals surface area contributed by atoms with Gasteiger partial charge in [0.1, 0.15) is 5.82 Å². The van der Waals surface area contributed by atoms with E-state index in [1.807, 2.05) is 4.72 Å². The fourth-order valence-electron chi connectivity index (χ4n) is 1.53. The summed E-state index contributed by atoms with van der Waals surface area (Å²) in [4.78, 5) is -0.271. The molecular formula is C12H20FN3O4S2. The topological polar surface area (TPSA) is 110 Å². The summed E-state index contributed by atoms with van der Waals surface area (Å²) in [5.41, 5.74) is 5.13. The van der Waals surface area contributed by atoms with Gasteiger partial charge < -0.3 is 5.73 Å². The summed E-state index contributed by atoms with van der Waals surface area (Å²) >= 11 is 0. The molecule has 10 heteroatoms. The molecule has 7 nitrogen and oxygen atoms in total. The third kappa shape index (κ3) is 4.15. The van der Waals surface area contributed by atoms with E-state index in [2.05, 4.69) is 0 Å². The third-order valence-corrected chi connectivity index (χ3v) is 6.48. The van der Waals surface area contributed by atoms with Crippen molar-refractivity contribution in [2.24, 2.45) is 5.73 Å². The lowest BCUT2D eigenvalue weighted by atomic mass is 10.3. The Kier molecular flexibility index (Phi) is 5.90. The summed E-state index contributed by atoms with van der Waals surface area (Å²) in [5, 5.41) is 0. The SMILES string of the molecule is CCS(=O)(=O)Nc1ccc(S(=O)(=O)N(C)C(C)CN)cc1F. The van der Waals surface area contributed by atoms with Gasteiger partial charge in [-0.1, -0.05) is 0 Å². The Labute approximate surface area is 130 Å². The van der Waals surface area contributed by atoms with Crippen molar-refractivity contribution < 1.29 is 21.2 Å². The lowest BCUT2D eigenvalue weighted by Gasteiger charge is -2.23. The maximum atomic E-state index is 14.0. The molecule has 0 amide bonds. The van der Waals surface area contributed by atoms with E-state index in [4.69, 9.17) is 5.73 Å². The van der Waals surface area contributed by atoms with Gasteiger partial charge in [0.05, 0.1) is 16.3 Å². The second-order valence-corrected chi connectivity index (χ2v) is 8.76. The highest BCUT2D eigenvalue weighted by molar-refractivity contribution is 7.92. The number of benzene rings is 1. The molecule has 0 radical (unpaired) electrons. The largest absolute Gasteiger partial charge is 0.329 e. The van der Waals surface area contributed by atoms with Crippen molar-refractivity contribution in [3.8, 4) is 0 Å². The van der Waals surface area contributed by atoms with Gasteiger partial charge >= 0.3 is 0 Å². The molecule has 0 aliphatic rings. The van der Waals surface area contributed by atoms with Crippen molar-refractivity contribution in [3.63, 3.8) is 0 Å². The van der Waals surface area contributed by atoms with E-state index < -0.39 is 31.9 Å². The highest BCUT2D eigenvalue weighted by Gasteiger charge is 2.25. The average Bonchev–Trinajstić information content (AvgIpc) is 2.47. The van der Waals surface area contributed by atoms with Crippen LogP contribution >= 0.6 is 0 Å². The van der Waals surface area contributed by atoms with E-state index in [1.165, 1.54) is 14.0 Å². The van der Waals surface area contributed by atoms with Crippen LogP contribution in [0.15, 0.2) is 23.1 Å². The van der Waals surface area contributed by atoms with E-state index in [9.17, 15) is 21.2 Å². The van der Waals surface area contributed by atoms with E-state index >= 15 is 0 Å². The molecule has 1 unspecified atom stereocenters. The molecule has 126 valence electrons. The van der Waals surface area contributed by atoms with Crippen molar-refractivity contribution >= 4 is 25.7 Å². The Morgan fingerprint density at radius 2 is 1.91 bits per heavy atom. The van der Waals surface area contributed by atoms with Gasteiger partial charge in [-0.25, -0.2) is 21.2 Å². The third-order valence-electron chi connectivity index (χ3n) is 3.22. The number of likely N-dealkylation sites (N-methyl/N-ethyl adjacent to an activating group) is 1. The molecule has 0 aromatic heterocycles. The van der Waals surface area contributed by atoms with Crippen LogP contribution in [0.3, 0.4) is 0 Å². The maximum Gasteiger partial charge on any atom is 0.243 e. The Morgan fingerprint density at radius 3 is 2.36 bits per heavy atom. The van der Waals surface area contributed by atoms with Gasteiger partial charge in [0.15, 0.2) is 0 Å². The Balaban J connectivity index is 3.18. The Morgan fingerprint density at radius 1 is 1.32 bits per heavy atom. The van der Waals surface area contributed by atoms with Gasteiger partial charge in [-0.2, -0.15) is 4.31 Å². The predicted octanol–water partition coefficient (Wildman–Crippen LogP) is 0.555. The number of sulfonamides is 2. The van der Waals surface area contributed by atoms with Crippen molar-refractivity contribution in [3.05, 3.63) is 24.0 Å².